The summed E-state index contributed by atoms with van der Waals surface area (Å²) in [7, 11) is 14.3. The van der Waals surface area contributed by atoms with Crippen LogP contribution in [0.3, 0.4) is 0 Å². The fraction of sp³-hybridized carbons (Fsp3) is 0.179. The highest BCUT2D eigenvalue weighted by molar-refractivity contribution is 6.00. The minimum atomic E-state index is 0.141. The molecule has 14 nitrogen and oxygen atoms in total. The normalized spacial score (nSPS) is 11.4. The van der Waals surface area contributed by atoms with Crippen molar-refractivity contribution in [1.29, 1.82) is 0 Å². The van der Waals surface area contributed by atoms with Crippen molar-refractivity contribution in [2.75, 3.05) is 70.6 Å². The number of H-pyrrole nitrogens is 2. The summed E-state index contributed by atoms with van der Waals surface area (Å²) in [4.78, 5) is 18.4. The van der Waals surface area contributed by atoms with E-state index in [2.05, 4.69) is 15.9 Å². The molecule has 7 aromatic rings. The molecule has 0 amide bonds. The zero-order valence-electron chi connectivity index (χ0n) is 40.2. The summed E-state index contributed by atoms with van der Waals surface area (Å²) in [6.07, 6.45) is 13.5. The second-order valence-corrected chi connectivity index (χ2v) is 15.8. The van der Waals surface area contributed by atoms with Crippen molar-refractivity contribution in [3.05, 3.63) is 108 Å². The number of nitrogens with zero attached hydrogens (tertiary/aromatic N) is 2. The molecule has 2 N–H and O–H groups in total. The topological polar surface area (TPSA) is 150 Å². The number of benzene rings is 4. The number of hydrogen-bond acceptors (Lipinski definition) is 12. The zero-order chi connectivity index (χ0) is 49.1. The Balaban J connectivity index is 1.48. The van der Waals surface area contributed by atoms with Crippen molar-refractivity contribution in [3.63, 3.8) is 0 Å². The van der Waals surface area contributed by atoms with Crippen molar-refractivity contribution in [2.45, 2.75) is 0 Å². The lowest BCUT2D eigenvalue weighted by Crippen LogP contribution is -1.97. The SMILES string of the molecule is C#CCOc1ccc(-c2c3nc(c(-c4cc(OC)c(OC)c(OC)c4)c4ccc([nH]4)c(-c4cc(OC)c(OC)c(OC)c4)c4nc(c(-c5cc(OC)c(OC)c(OC)c5)c5ccc2[nH]5)C=C4)C=C3)cc1. The van der Waals surface area contributed by atoms with Crippen molar-refractivity contribution < 1.29 is 47.4 Å². The van der Waals surface area contributed by atoms with Crippen LogP contribution in [0.15, 0.2) is 84.9 Å². The average Bonchev–Trinajstić information content (AvgIpc) is 4.26. The number of nitrogens with one attached hydrogen (secondary N) is 2. The number of methoxy groups -OCH3 is 9. The van der Waals surface area contributed by atoms with Gasteiger partial charge in [-0.05, 0) is 119 Å². The maximum atomic E-state index is 5.89. The van der Waals surface area contributed by atoms with Gasteiger partial charge in [-0.3, -0.25) is 0 Å². The van der Waals surface area contributed by atoms with Crippen LogP contribution in [0.5, 0.6) is 57.5 Å². The number of terminal acetylenes is 1. The highest BCUT2D eigenvalue weighted by Gasteiger charge is 2.24. The van der Waals surface area contributed by atoms with Crippen LogP contribution in [0.25, 0.3) is 90.9 Å². The third-order valence-electron chi connectivity index (χ3n) is 12.1. The maximum Gasteiger partial charge on any atom is 0.203 e. The molecule has 70 heavy (non-hydrogen) atoms. The molecule has 5 heterocycles. The van der Waals surface area contributed by atoms with E-state index in [0.717, 1.165) is 66.6 Å². The Morgan fingerprint density at radius 1 is 0.386 bits per heavy atom. The van der Waals surface area contributed by atoms with Gasteiger partial charge < -0.3 is 57.3 Å². The number of ether oxygens (including phenoxy) is 10. The van der Waals surface area contributed by atoms with E-state index in [-0.39, 0.29) is 6.61 Å². The molecular formula is C56H50N4O10. The lowest BCUT2D eigenvalue weighted by molar-refractivity contribution is 0.324. The quantitative estimate of drug-likeness (QED) is 0.0942. The molecule has 0 fully saturated rings. The Hall–Kier alpha value is -8.96. The standard InChI is InChI=1S/C56H50N4O10/c1-11-24-70-35-14-12-31(13-15-35)50-36-16-18-38(57-36)51(32-25-44(61-2)54(67-8)45(26-32)62-3)40-20-22-42(59-40)53(34-29-48(65-6)56(69-10)49(30-34)66-7)43-23-21-41(60-43)52(39-19-17-37(50)58-39)33-27-46(63-4)55(68-9)47(28-33)64-5/h1,12-23,25-30,57,60H,24H2,2-10H3. The minimum Gasteiger partial charge on any atom is -0.493 e. The summed E-state index contributed by atoms with van der Waals surface area (Å²) >= 11 is 0. The summed E-state index contributed by atoms with van der Waals surface area (Å²) < 4.78 is 58.4. The van der Waals surface area contributed by atoms with Gasteiger partial charge in [0.2, 0.25) is 17.2 Å². The molecule has 0 unspecified atom stereocenters. The molecular weight excluding hydrogens is 889 g/mol. The summed E-state index contributed by atoms with van der Waals surface area (Å²) in [5.41, 5.74) is 11.8. The number of aromatic nitrogens is 4. The highest BCUT2D eigenvalue weighted by Crippen LogP contribution is 2.47. The highest BCUT2D eigenvalue weighted by atomic mass is 16.5. The summed E-state index contributed by atoms with van der Waals surface area (Å²) in [5.74, 6) is 7.39. The molecule has 0 spiro atoms. The van der Waals surface area contributed by atoms with Gasteiger partial charge in [0.25, 0.3) is 0 Å². The van der Waals surface area contributed by atoms with Gasteiger partial charge in [-0.1, -0.05) is 18.1 Å². The smallest absolute Gasteiger partial charge is 0.203 e. The Morgan fingerprint density at radius 2 is 0.671 bits per heavy atom. The van der Waals surface area contributed by atoms with E-state index < -0.39 is 0 Å². The van der Waals surface area contributed by atoms with Crippen LogP contribution in [0.2, 0.25) is 0 Å². The number of aromatic amines is 2. The van der Waals surface area contributed by atoms with Gasteiger partial charge in [-0.25, -0.2) is 9.97 Å². The van der Waals surface area contributed by atoms with Crippen LogP contribution in [-0.4, -0.2) is 90.5 Å². The van der Waals surface area contributed by atoms with E-state index >= 15 is 0 Å². The molecule has 2 aliphatic rings. The van der Waals surface area contributed by atoms with E-state index in [1.165, 1.54) is 0 Å². The van der Waals surface area contributed by atoms with Gasteiger partial charge >= 0.3 is 0 Å². The molecule has 354 valence electrons. The Bertz CT molecular complexity index is 3300. The van der Waals surface area contributed by atoms with Crippen LogP contribution in [0, 0.1) is 12.3 Å². The van der Waals surface area contributed by atoms with Gasteiger partial charge in [0, 0.05) is 44.3 Å². The predicted molar refractivity (Wildman–Crippen MR) is 274 cm³/mol. The molecule has 2 aliphatic heterocycles. The molecule has 3 aromatic heterocycles. The van der Waals surface area contributed by atoms with Crippen LogP contribution < -0.4 is 47.4 Å². The van der Waals surface area contributed by atoms with Gasteiger partial charge in [0.15, 0.2) is 34.5 Å². The lowest BCUT2D eigenvalue weighted by Gasteiger charge is -2.15. The molecule has 9 rings (SSSR count). The molecule has 0 radical (unpaired) electrons. The summed E-state index contributed by atoms with van der Waals surface area (Å²) in [6, 6.07) is 27.3. The largest absolute Gasteiger partial charge is 0.493 e. The monoisotopic (exact) mass is 938 g/mol. The first-order chi connectivity index (χ1) is 34.2. The van der Waals surface area contributed by atoms with Crippen molar-refractivity contribution in [1.82, 2.24) is 19.9 Å². The summed E-state index contributed by atoms with van der Waals surface area (Å²) in [5, 5.41) is 0. The lowest BCUT2D eigenvalue weighted by atomic mass is 10.0. The van der Waals surface area contributed by atoms with E-state index in [1.807, 2.05) is 109 Å². The average molecular weight is 939 g/mol. The van der Waals surface area contributed by atoms with Crippen LogP contribution in [0.1, 0.15) is 22.8 Å². The van der Waals surface area contributed by atoms with Crippen LogP contribution in [-0.2, 0) is 0 Å². The number of hydrogen-bond donors (Lipinski definition) is 2. The molecule has 14 heteroatoms. The molecule has 0 saturated heterocycles. The third-order valence-corrected chi connectivity index (χ3v) is 12.1. The first kappa shape index (κ1) is 46.2. The van der Waals surface area contributed by atoms with Crippen LogP contribution >= 0.6 is 0 Å². The van der Waals surface area contributed by atoms with Crippen molar-refractivity contribution in [3.8, 4) is 114 Å². The molecule has 8 bridgehead atoms. The Labute approximate surface area is 405 Å². The maximum absolute atomic E-state index is 5.89. The summed E-state index contributed by atoms with van der Waals surface area (Å²) in [6.45, 7) is 0.141. The second kappa shape index (κ2) is 19.7. The van der Waals surface area contributed by atoms with Crippen molar-refractivity contribution in [2.24, 2.45) is 0 Å². The van der Waals surface area contributed by atoms with E-state index in [4.69, 9.17) is 63.8 Å². The second-order valence-electron chi connectivity index (χ2n) is 15.8. The predicted octanol–water partition coefficient (Wildman–Crippen LogP) is 11.4. The fourth-order valence-electron chi connectivity index (χ4n) is 8.94. The van der Waals surface area contributed by atoms with Crippen LogP contribution in [0.4, 0.5) is 0 Å². The fourth-order valence-corrected chi connectivity index (χ4v) is 8.94. The number of fused-ring (bicyclic) bond motifs is 8. The molecule has 0 saturated carbocycles. The van der Waals surface area contributed by atoms with Gasteiger partial charge in [0.05, 0.1) is 86.8 Å². The van der Waals surface area contributed by atoms with E-state index in [0.29, 0.717) is 80.3 Å². The third kappa shape index (κ3) is 8.27. The first-order valence-corrected chi connectivity index (χ1v) is 22.0. The van der Waals surface area contributed by atoms with Crippen molar-refractivity contribution >= 4 is 46.4 Å². The minimum absolute atomic E-state index is 0.141. The van der Waals surface area contributed by atoms with Gasteiger partial charge in [-0.15, -0.1) is 6.42 Å². The van der Waals surface area contributed by atoms with Gasteiger partial charge in [0.1, 0.15) is 12.4 Å². The molecule has 0 aliphatic carbocycles. The first-order valence-electron chi connectivity index (χ1n) is 22.0. The Kier molecular flexibility index (Phi) is 13.0. The molecule has 4 aromatic carbocycles. The van der Waals surface area contributed by atoms with E-state index in [9.17, 15) is 0 Å². The van der Waals surface area contributed by atoms with Gasteiger partial charge in [-0.2, -0.15) is 0 Å². The Morgan fingerprint density at radius 3 is 0.929 bits per heavy atom. The number of rotatable bonds is 15. The zero-order valence-corrected chi connectivity index (χ0v) is 40.2. The van der Waals surface area contributed by atoms with E-state index in [1.54, 1.807) is 64.0 Å². The molecule has 0 atom stereocenters.